The summed E-state index contributed by atoms with van der Waals surface area (Å²) in [5, 5.41) is 21.1. The van der Waals surface area contributed by atoms with Crippen LogP contribution in [0.15, 0.2) is 10.3 Å². The van der Waals surface area contributed by atoms with Gasteiger partial charge < -0.3 is 10.4 Å². The van der Waals surface area contributed by atoms with Gasteiger partial charge in [-0.25, -0.2) is 0 Å². The Balaban J connectivity index is 0. The van der Waals surface area contributed by atoms with E-state index in [1.54, 1.807) is 13.8 Å². The topological polar surface area (TPSA) is 65.2 Å². The third-order valence-corrected chi connectivity index (χ3v) is 0.699. The highest BCUT2D eigenvalue weighted by atomic mass is 16.4. The molecule has 0 atom stereocenters. The van der Waals surface area contributed by atoms with E-state index >= 15 is 0 Å². The van der Waals surface area contributed by atoms with Crippen molar-refractivity contribution < 1.29 is 10.4 Å². The third-order valence-electron chi connectivity index (χ3n) is 0.699. The van der Waals surface area contributed by atoms with Crippen LogP contribution in [-0.4, -0.2) is 22.3 Å². The molecule has 2 N–H and O–H groups in total. The van der Waals surface area contributed by atoms with Crippen molar-refractivity contribution in [1.82, 2.24) is 0 Å². The number of hydrogen-bond acceptors (Lipinski definition) is 4. The van der Waals surface area contributed by atoms with Crippen LogP contribution < -0.4 is 0 Å². The van der Waals surface area contributed by atoms with Gasteiger partial charge in [0.1, 0.15) is 0 Å². The molecular weight excluding hydrogens is 144 g/mol. The average molecular weight is 160 g/mol. The molecule has 11 heavy (non-hydrogen) atoms. The maximum atomic E-state index is 7.77. The Bertz CT molecular complexity index is 118. The molecule has 0 saturated heterocycles. The first-order valence-corrected chi connectivity index (χ1v) is 3.50. The summed E-state index contributed by atoms with van der Waals surface area (Å²) in [7, 11) is 0. The molecular formula is C7H16N2O2. The summed E-state index contributed by atoms with van der Waals surface area (Å²) in [5.74, 6) is 0. The van der Waals surface area contributed by atoms with E-state index < -0.39 is 0 Å². The molecule has 0 heterocycles. The van der Waals surface area contributed by atoms with Crippen molar-refractivity contribution in [2.75, 3.05) is 0 Å². The van der Waals surface area contributed by atoms with E-state index in [4.69, 9.17) is 10.4 Å². The van der Waals surface area contributed by atoms with Gasteiger partial charge in [-0.1, -0.05) is 18.5 Å². The van der Waals surface area contributed by atoms with Crippen molar-refractivity contribution >= 4 is 11.9 Å². The molecule has 0 amide bonds. The number of oxime groups is 2. The fraction of sp³-hybridized carbons (Fsp3) is 0.714. The second kappa shape index (κ2) is 11.7. The fourth-order valence-electron chi connectivity index (χ4n) is 0.187. The lowest BCUT2D eigenvalue weighted by molar-refractivity contribution is 0.318. The Hall–Kier alpha value is -1.06. The zero-order chi connectivity index (χ0) is 9.11. The summed E-state index contributed by atoms with van der Waals surface area (Å²) < 4.78 is 0. The predicted octanol–water partition coefficient (Wildman–Crippen LogP) is 2.10. The van der Waals surface area contributed by atoms with Gasteiger partial charge >= 0.3 is 0 Å². The van der Waals surface area contributed by atoms with Gasteiger partial charge in [0, 0.05) is 6.21 Å². The Morgan fingerprint density at radius 1 is 1.36 bits per heavy atom. The van der Waals surface area contributed by atoms with Crippen LogP contribution in [0, 0.1) is 0 Å². The first-order chi connectivity index (χ1) is 5.18. The number of rotatable bonds is 2. The van der Waals surface area contributed by atoms with Crippen LogP contribution in [0.4, 0.5) is 0 Å². The minimum Gasteiger partial charge on any atom is -0.411 e. The number of hydrogen-bond donors (Lipinski definition) is 2. The quantitative estimate of drug-likeness (QED) is 0.369. The molecule has 0 aliphatic rings. The van der Waals surface area contributed by atoms with Gasteiger partial charge in [0.15, 0.2) is 0 Å². The second-order valence-corrected chi connectivity index (χ2v) is 2.13. The van der Waals surface area contributed by atoms with Crippen molar-refractivity contribution in [3.05, 3.63) is 0 Å². The molecule has 0 aromatic carbocycles. The molecule has 0 fully saturated rings. The van der Waals surface area contributed by atoms with Gasteiger partial charge in [-0.2, -0.15) is 0 Å². The van der Waals surface area contributed by atoms with Crippen molar-refractivity contribution in [3.63, 3.8) is 0 Å². The molecule has 4 nitrogen and oxygen atoms in total. The molecule has 0 aromatic heterocycles. The van der Waals surface area contributed by atoms with E-state index in [1.807, 2.05) is 6.92 Å². The molecule has 66 valence electrons. The van der Waals surface area contributed by atoms with Gasteiger partial charge in [-0.05, 0) is 20.3 Å². The molecule has 4 heteroatoms. The molecule has 0 unspecified atom stereocenters. The summed E-state index contributed by atoms with van der Waals surface area (Å²) in [4.78, 5) is 0. The van der Waals surface area contributed by atoms with Crippen LogP contribution in [0.5, 0.6) is 0 Å². The fourth-order valence-corrected chi connectivity index (χ4v) is 0.187. The lowest BCUT2D eigenvalue weighted by atomic mass is 10.4. The highest BCUT2D eigenvalue weighted by Gasteiger charge is 1.67. The van der Waals surface area contributed by atoms with E-state index in [0.717, 1.165) is 12.8 Å². The van der Waals surface area contributed by atoms with Crippen molar-refractivity contribution in [2.45, 2.75) is 33.6 Å². The smallest absolute Gasteiger partial charge is 0.0509 e. The Labute approximate surface area is 67.2 Å². The molecule has 0 aromatic rings. The summed E-state index contributed by atoms with van der Waals surface area (Å²) in [6, 6.07) is 0. The molecule has 0 bridgehead atoms. The van der Waals surface area contributed by atoms with Crippen LogP contribution in [-0.2, 0) is 0 Å². The number of nitrogens with zero attached hydrogens (tertiary/aromatic N) is 2. The molecule has 0 radical (unpaired) electrons. The number of unbranched alkanes of at least 4 members (excludes halogenated alkanes) is 1. The van der Waals surface area contributed by atoms with E-state index in [0.29, 0.717) is 5.71 Å². The highest BCUT2D eigenvalue weighted by molar-refractivity contribution is 5.78. The monoisotopic (exact) mass is 160 g/mol. The normalized spacial score (nSPS) is 8.64. The van der Waals surface area contributed by atoms with Gasteiger partial charge in [-0.15, -0.1) is 5.16 Å². The van der Waals surface area contributed by atoms with Gasteiger partial charge in [0.2, 0.25) is 0 Å². The van der Waals surface area contributed by atoms with Crippen LogP contribution in [0.2, 0.25) is 0 Å². The zero-order valence-corrected chi connectivity index (χ0v) is 7.28. The Kier molecular flexibility index (Phi) is 13.4. The largest absolute Gasteiger partial charge is 0.411 e. The van der Waals surface area contributed by atoms with Crippen LogP contribution in [0.25, 0.3) is 0 Å². The van der Waals surface area contributed by atoms with Gasteiger partial charge in [-0.3, -0.25) is 0 Å². The first kappa shape index (κ1) is 12.6. The average Bonchev–Trinajstić information content (AvgIpc) is 2.02. The van der Waals surface area contributed by atoms with Crippen LogP contribution in [0.3, 0.4) is 0 Å². The summed E-state index contributed by atoms with van der Waals surface area (Å²) >= 11 is 0. The Morgan fingerprint density at radius 3 is 1.91 bits per heavy atom. The van der Waals surface area contributed by atoms with Gasteiger partial charge in [0.25, 0.3) is 0 Å². The maximum absolute atomic E-state index is 7.77. The predicted molar refractivity (Wildman–Crippen MR) is 45.8 cm³/mol. The first-order valence-electron chi connectivity index (χ1n) is 3.50. The maximum Gasteiger partial charge on any atom is 0.0509 e. The van der Waals surface area contributed by atoms with Crippen molar-refractivity contribution in [1.29, 1.82) is 0 Å². The minimum atomic E-state index is 0.685. The highest BCUT2D eigenvalue weighted by Crippen LogP contribution is 1.77. The van der Waals surface area contributed by atoms with E-state index in [2.05, 4.69) is 10.3 Å². The molecule has 0 saturated carbocycles. The van der Waals surface area contributed by atoms with Crippen LogP contribution in [0.1, 0.15) is 33.6 Å². The second-order valence-electron chi connectivity index (χ2n) is 2.13. The minimum absolute atomic E-state index is 0.685. The summed E-state index contributed by atoms with van der Waals surface area (Å²) in [6.45, 7) is 5.47. The third kappa shape index (κ3) is 27.7. The molecule has 0 aliphatic carbocycles. The Morgan fingerprint density at radius 2 is 1.82 bits per heavy atom. The van der Waals surface area contributed by atoms with E-state index in [9.17, 15) is 0 Å². The molecule has 0 aliphatic heterocycles. The van der Waals surface area contributed by atoms with Crippen molar-refractivity contribution in [2.24, 2.45) is 10.3 Å². The molecule has 0 spiro atoms. The van der Waals surface area contributed by atoms with Crippen LogP contribution >= 0.6 is 0 Å². The zero-order valence-electron chi connectivity index (χ0n) is 7.28. The summed E-state index contributed by atoms with van der Waals surface area (Å²) in [6.07, 6.45) is 3.40. The van der Waals surface area contributed by atoms with E-state index in [1.165, 1.54) is 6.21 Å². The SMILES string of the molecule is CC(C)=NO.CCCC=NO. The van der Waals surface area contributed by atoms with Gasteiger partial charge in [0.05, 0.1) is 5.71 Å². The molecule has 0 rings (SSSR count). The van der Waals surface area contributed by atoms with Crippen molar-refractivity contribution in [3.8, 4) is 0 Å². The summed E-state index contributed by atoms with van der Waals surface area (Å²) in [5.41, 5.74) is 0.685. The lowest BCUT2D eigenvalue weighted by Crippen LogP contribution is -1.74. The lowest BCUT2D eigenvalue weighted by Gasteiger charge is -1.74. The standard InChI is InChI=1S/C4H9NO.C3H7NO/c1-2-3-4-5-6;1-3(2)4-5/h4,6H,2-3H2,1H3;5H,1-2H3. The van der Waals surface area contributed by atoms with E-state index in [-0.39, 0.29) is 0 Å².